The molecule has 0 atom stereocenters. The van der Waals surface area contributed by atoms with Crippen molar-refractivity contribution < 1.29 is 9.13 Å². The Kier molecular flexibility index (Phi) is 3.08. The van der Waals surface area contributed by atoms with Crippen LogP contribution in [0.5, 0.6) is 5.75 Å². The van der Waals surface area contributed by atoms with Crippen molar-refractivity contribution in [1.82, 2.24) is 15.0 Å². The quantitative estimate of drug-likeness (QED) is 0.600. The van der Waals surface area contributed by atoms with Gasteiger partial charge in [0.2, 0.25) is 0 Å². The van der Waals surface area contributed by atoms with Crippen LogP contribution in [0.1, 0.15) is 0 Å². The lowest BCUT2D eigenvalue weighted by Gasteiger charge is -2.06. The third-order valence-electron chi connectivity index (χ3n) is 3.70. The second kappa shape index (κ2) is 5.24. The Morgan fingerprint density at radius 2 is 1.91 bits per heavy atom. The van der Waals surface area contributed by atoms with Crippen molar-refractivity contribution in [2.75, 3.05) is 12.4 Å². The van der Waals surface area contributed by atoms with E-state index in [0.717, 1.165) is 33.4 Å². The Hall–Kier alpha value is -3.15. The third kappa shape index (κ3) is 2.24. The van der Waals surface area contributed by atoms with E-state index >= 15 is 0 Å². The fourth-order valence-corrected chi connectivity index (χ4v) is 2.64. The molecule has 2 heterocycles. The number of fused-ring (bicyclic) bond motifs is 3. The number of aromatic amines is 1. The number of nitrogens with zero attached hydrogens (tertiary/aromatic N) is 2. The third-order valence-corrected chi connectivity index (χ3v) is 3.70. The second-order valence-electron chi connectivity index (χ2n) is 5.09. The minimum absolute atomic E-state index is 0.279. The number of hydrogen-bond donors (Lipinski definition) is 2. The monoisotopic (exact) mass is 308 g/mol. The van der Waals surface area contributed by atoms with E-state index in [1.165, 1.54) is 18.5 Å². The van der Waals surface area contributed by atoms with Crippen molar-refractivity contribution in [2.24, 2.45) is 0 Å². The Balaban J connectivity index is 1.89. The van der Waals surface area contributed by atoms with E-state index in [9.17, 15) is 4.39 Å². The van der Waals surface area contributed by atoms with Crippen molar-refractivity contribution in [3.05, 3.63) is 54.6 Å². The summed E-state index contributed by atoms with van der Waals surface area (Å²) < 4.78 is 18.5. The van der Waals surface area contributed by atoms with E-state index in [1.54, 1.807) is 19.2 Å². The molecular weight excluding hydrogens is 295 g/mol. The van der Waals surface area contributed by atoms with Gasteiger partial charge in [0, 0.05) is 5.69 Å². The van der Waals surface area contributed by atoms with Crippen molar-refractivity contribution in [2.45, 2.75) is 0 Å². The van der Waals surface area contributed by atoms with Crippen LogP contribution in [0.25, 0.3) is 21.9 Å². The molecule has 0 fully saturated rings. The smallest absolute Gasteiger partial charge is 0.158 e. The number of hydrogen-bond acceptors (Lipinski definition) is 4. The maximum atomic E-state index is 13.0. The van der Waals surface area contributed by atoms with Crippen LogP contribution in [-0.4, -0.2) is 22.1 Å². The summed E-state index contributed by atoms with van der Waals surface area (Å²) in [6.07, 6.45) is 1.49. The van der Waals surface area contributed by atoms with Crippen molar-refractivity contribution in [3.63, 3.8) is 0 Å². The molecule has 4 rings (SSSR count). The average molecular weight is 308 g/mol. The fourth-order valence-electron chi connectivity index (χ4n) is 2.64. The molecule has 0 radical (unpaired) electrons. The highest BCUT2D eigenvalue weighted by Crippen LogP contribution is 2.34. The molecule has 0 saturated carbocycles. The fraction of sp³-hybridized carbons (Fsp3) is 0.0588. The number of benzene rings is 2. The molecule has 0 amide bonds. The summed E-state index contributed by atoms with van der Waals surface area (Å²) in [5.74, 6) is 1.10. The van der Waals surface area contributed by atoms with Gasteiger partial charge >= 0.3 is 0 Å². The lowest BCUT2D eigenvalue weighted by molar-refractivity contribution is 0.420. The topological polar surface area (TPSA) is 62.8 Å². The van der Waals surface area contributed by atoms with Gasteiger partial charge in [0.15, 0.2) is 5.82 Å². The zero-order valence-electron chi connectivity index (χ0n) is 12.3. The molecule has 0 spiro atoms. The number of nitrogens with one attached hydrogen (secondary N) is 2. The molecule has 0 unspecified atom stereocenters. The van der Waals surface area contributed by atoms with E-state index in [0.29, 0.717) is 5.82 Å². The van der Waals surface area contributed by atoms with E-state index in [1.807, 2.05) is 18.2 Å². The van der Waals surface area contributed by atoms with E-state index in [4.69, 9.17) is 4.74 Å². The largest absolute Gasteiger partial charge is 0.496 e. The molecule has 0 aliphatic heterocycles. The maximum Gasteiger partial charge on any atom is 0.158 e. The Morgan fingerprint density at radius 1 is 1.09 bits per heavy atom. The summed E-state index contributed by atoms with van der Waals surface area (Å²) in [5.41, 5.74) is 3.22. The second-order valence-corrected chi connectivity index (χ2v) is 5.09. The van der Waals surface area contributed by atoms with Gasteiger partial charge in [-0.05, 0) is 36.4 Å². The number of anilines is 2. The Labute approximate surface area is 131 Å². The standard InChI is InChI=1S/C17H13FN4O/c1-23-13-4-2-3-12-14(13)15-16(22-12)17(20-9-19-15)21-11-7-5-10(18)6-8-11/h2-9,22H,1H3,(H,19,20,21). The van der Waals surface area contributed by atoms with Gasteiger partial charge in [-0.2, -0.15) is 0 Å². The van der Waals surface area contributed by atoms with Crippen LogP contribution < -0.4 is 10.1 Å². The summed E-state index contributed by atoms with van der Waals surface area (Å²) in [6.45, 7) is 0. The lowest BCUT2D eigenvalue weighted by Crippen LogP contribution is -1.95. The molecule has 2 aromatic heterocycles. The summed E-state index contributed by atoms with van der Waals surface area (Å²) in [4.78, 5) is 12.0. The van der Waals surface area contributed by atoms with Crippen molar-refractivity contribution >= 4 is 33.4 Å². The first-order chi connectivity index (χ1) is 11.3. The zero-order chi connectivity index (χ0) is 15.8. The van der Waals surface area contributed by atoms with E-state index in [-0.39, 0.29) is 5.82 Å². The Bertz CT molecular complexity index is 995. The normalized spacial score (nSPS) is 11.0. The summed E-state index contributed by atoms with van der Waals surface area (Å²) >= 11 is 0. The van der Waals surface area contributed by atoms with Crippen LogP contribution in [0.3, 0.4) is 0 Å². The molecule has 114 valence electrons. The van der Waals surface area contributed by atoms with Crippen LogP contribution in [0.4, 0.5) is 15.9 Å². The van der Waals surface area contributed by atoms with Gasteiger partial charge in [0.1, 0.15) is 28.9 Å². The summed E-state index contributed by atoms with van der Waals surface area (Å²) in [7, 11) is 1.63. The maximum absolute atomic E-state index is 13.0. The summed E-state index contributed by atoms with van der Waals surface area (Å²) in [5, 5.41) is 4.09. The number of aromatic nitrogens is 3. The Morgan fingerprint density at radius 3 is 2.70 bits per heavy atom. The van der Waals surface area contributed by atoms with Gasteiger partial charge < -0.3 is 15.0 Å². The molecule has 0 bridgehead atoms. The molecule has 0 aliphatic carbocycles. The predicted molar refractivity (Wildman–Crippen MR) is 87.6 cm³/mol. The van der Waals surface area contributed by atoms with Gasteiger partial charge in [0.05, 0.1) is 18.0 Å². The number of rotatable bonds is 3. The SMILES string of the molecule is COc1cccc2[nH]c3c(Nc4ccc(F)cc4)ncnc3c12. The highest BCUT2D eigenvalue weighted by Gasteiger charge is 2.14. The molecule has 2 N–H and O–H groups in total. The first kappa shape index (κ1) is 13.5. The minimum atomic E-state index is -0.279. The molecule has 0 saturated heterocycles. The molecule has 5 nitrogen and oxygen atoms in total. The molecule has 23 heavy (non-hydrogen) atoms. The predicted octanol–water partition coefficient (Wildman–Crippen LogP) is 4.00. The molecule has 6 heteroatoms. The average Bonchev–Trinajstić information content (AvgIpc) is 2.97. The lowest BCUT2D eigenvalue weighted by atomic mass is 10.2. The van der Waals surface area contributed by atoms with Crippen LogP contribution in [0, 0.1) is 5.82 Å². The van der Waals surface area contributed by atoms with Crippen LogP contribution >= 0.6 is 0 Å². The minimum Gasteiger partial charge on any atom is -0.496 e. The van der Waals surface area contributed by atoms with Crippen molar-refractivity contribution in [3.8, 4) is 5.75 Å². The van der Waals surface area contributed by atoms with Gasteiger partial charge in [-0.1, -0.05) is 6.07 Å². The number of H-pyrrole nitrogens is 1. The van der Waals surface area contributed by atoms with Crippen LogP contribution in [0.15, 0.2) is 48.8 Å². The first-order valence-corrected chi connectivity index (χ1v) is 7.08. The van der Waals surface area contributed by atoms with Crippen LogP contribution in [-0.2, 0) is 0 Å². The van der Waals surface area contributed by atoms with Crippen LogP contribution in [0.2, 0.25) is 0 Å². The molecule has 0 aliphatic rings. The van der Waals surface area contributed by atoms with E-state index < -0.39 is 0 Å². The summed E-state index contributed by atoms with van der Waals surface area (Å²) in [6, 6.07) is 11.9. The van der Waals surface area contributed by atoms with Gasteiger partial charge in [-0.3, -0.25) is 0 Å². The van der Waals surface area contributed by atoms with E-state index in [2.05, 4.69) is 20.3 Å². The van der Waals surface area contributed by atoms with Gasteiger partial charge in [-0.25, -0.2) is 14.4 Å². The van der Waals surface area contributed by atoms with Gasteiger partial charge in [0.25, 0.3) is 0 Å². The highest BCUT2D eigenvalue weighted by molar-refractivity contribution is 6.11. The molecule has 2 aromatic carbocycles. The zero-order valence-corrected chi connectivity index (χ0v) is 12.3. The first-order valence-electron chi connectivity index (χ1n) is 7.08. The van der Waals surface area contributed by atoms with Crippen molar-refractivity contribution in [1.29, 1.82) is 0 Å². The molecular formula is C17H13FN4O. The highest BCUT2D eigenvalue weighted by atomic mass is 19.1. The number of ether oxygens (including phenoxy) is 1. The van der Waals surface area contributed by atoms with Gasteiger partial charge in [-0.15, -0.1) is 0 Å². The number of methoxy groups -OCH3 is 1. The number of halogens is 1. The molecule has 4 aromatic rings.